The van der Waals surface area contributed by atoms with Crippen LogP contribution in [0.2, 0.25) is 0 Å². The lowest BCUT2D eigenvalue weighted by molar-refractivity contribution is -0.142. The SMILES string of the molecule is CCOC(=O)CCS(=O)c1ccc(C)c(C)c1. The Morgan fingerprint density at radius 1 is 1.29 bits per heavy atom. The second-order valence-corrected chi connectivity index (χ2v) is 5.42. The summed E-state index contributed by atoms with van der Waals surface area (Å²) in [5.41, 5.74) is 2.29. The number of benzene rings is 1. The average molecular weight is 254 g/mol. The van der Waals surface area contributed by atoms with Crippen LogP contribution in [0.15, 0.2) is 23.1 Å². The summed E-state index contributed by atoms with van der Waals surface area (Å²) in [4.78, 5) is 11.9. The van der Waals surface area contributed by atoms with Gasteiger partial charge in [-0.25, -0.2) is 0 Å². The maximum atomic E-state index is 11.9. The molecular formula is C13H18O3S. The van der Waals surface area contributed by atoms with Crippen LogP contribution in [-0.2, 0) is 20.3 Å². The minimum atomic E-state index is -1.13. The van der Waals surface area contributed by atoms with Crippen molar-refractivity contribution in [2.75, 3.05) is 12.4 Å². The van der Waals surface area contributed by atoms with E-state index in [-0.39, 0.29) is 12.4 Å². The Labute approximate surface area is 105 Å². The van der Waals surface area contributed by atoms with Crippen molar-refractivity contribution < 1.29 is 13.7 Å². The molecule has 0 aromatic heterocycles. The summed E-state index contributed by atoms with van der Waals surface area (Å²) < 4.78 is 16.7. The highest BCUT2D eigenvalue weighted by molar-refractivity contribution is 7.85. The van der Waals surface area contributed by atoms with Crippen LogP contribution < -0.4 is 0 Å². The summed E-state index contributed by atoms with van der Waals surface area (Å²) in [6.45, 7) is 6.13. The van der Waals surface area contributed by atoms with Crippen LogP contribution in [0.4, 0.5) is 0 Å². The van der Waals surface area contributed by atoms with Gasteiger partial charge in [0.05, 0.1) is 23.8 Å². The van der Waals surface area contributed by atoms with Gasteiger partial charge in [0, 0.05) is 10.6 Å². The standard InChI is InChI=1S/C13H18O3S/c1-4-16-13(14)7-8-17(15)12-6-5-10(2)11(3)9-12/h5-6,9H,4,7-8H2,1-3H3. The average Bonchev–Trinajstić information content (AvgIpc) is 2.30. The molecule has 1 atom stereocenters. The highest BCUT2D eigenvalue weighted by atomic mass is 32.2. The molecule has 4 heteroatoms. The summed E-state index contributed by atoms with van der Waals surface area (Å²) in [5, 5.41) is 0. The number of hydrogen-bond donors (Lipinski definition) is 0. The van der Waals surface area contributed by atoms with Crippen molar-refractivity contribution in [1.29, 1.82) is 0 Å². The van der Waals surface area contributed by atoms with E-state index >= 15 is 0 Å². The Hall–Kier alpha value is -1.16. The molecular weight excluding hydrogens is 236 g/mol. The molecule has 1 aromatic rings. The lowest BCUT2D eigenvalue weighted by atomic mass is 10.1. The van der Waals surface area contributed by atoms with E-state index in [1.165, 1.54) is 5.56 Å². The number of ether oxygens (including phenoxy) is 1. The summed E-state index contributed by atoms with van der Waals surface area (Å²) in [7, 11) is -1.13. The molecule has 0 amide bonds. The lowest BCUT2D eigenvalue weighted by Crippen LogP contribution is -2.09. The first-order valence-electron chi connectivity index (χ1n) is 5.66. The van der Waals surface area contributed by atoms with Gasteiger partial charge in [0.15, 0.2) is 0 Å². The van der Waals surface area contributed by atoms with E-state index in [2.05, 4.69) is 0 Å². The van der Waals surface area contributed by atoms with Crippen LogP contribution in [0.3, 0.4) is 0 Å². The first-order valence-corrected chi connectivity index (χ1v) is 6.97. The normalized spacial score (nSPS) is 12.2. The van der Waals surface area contributed by atoms with Gasteiger partial charge in [0.2, 0.25) is 0 Å². The maximum absolute atomic E-state index is 11.9. The molecule has 1 rings (SSSR count). The van der Waals surface area contributed by atoms with Crippen molar-refractivity contribution >= 4 is 16.8 Å². The number of hydrogen-bond acceptors (Lipinski definition) is 3. The number of rotatable bonds is 5. The monoisotopic (exact) mass is 254 g/mol. The third-order valence-corrected chi connectivity index (χ3v) is 3.89. The molecule has 1 unspecified atom stereocenters. The number of carbonyl (C=O) groups is 1. The minimum Gasteiger partial charge on any atom is -0.466 e. The van der Waals surface area contributed by atoms with E-state index in [1.807, 2.05) is 32.0 Å². The van der Waals surface area contributed by atoms with Crippen molar-refractivity contribution in [2.45, 2.75) is 32.1 Å². The van der Waals surface area contributed by atoms with Gasteiger partial charge in [0.25, 0.3) is 0 Å². The number of aryl methyl sites for hydroxylation is 2. The molecule has 17 heavy (non-hydrogen) atoms. The van der Waals surface area contributed by atoms with Crippen LogP contribution in [-0.4, -0.2) is 22.5 Å². The molecule has 0 N–H and O–H groups in total. The molecule has 0 bridgehead atoms. The van der Waals surface area contributed by atoms with Crippen molar-refractivity contribution in [3.05, 3.63) is 29.3 Å². The molecule has 0 saturated heterocycles. The van der Waals surface area contributed by atoms with Crippen LogP contribution in [0.25, 0.3) is 0 Å². The Kier molecular flexibility index (Phi) is 5.35. The highest BCUT2D eigenvalue weighted by Gasteiger charge is 2.09. The van der Waals surface area contributed by atoms with Gasteiger partial charge >= 0.3 is 5.97 Å². The van der Waals surface area contributed by atoms with Crippen LogP contribution in [0.5, 0.6) is 0 Å². The van der Waals surface area contributed by atoms with Crippen LogP contribution in [0, 0.1) is 13.8 Å². The van der Waals surface area contributed by atoms with Gasteiger partial charge in [-0.1, -0.05) is 6.07 Å². The fourth-order valence-electron chi connectivity index (χ4n) is 1.38. The first-order chi connectivity index (χ1) is 8.04. The van der Waals surface area contributed by atoms with Gasteiger partial charge in [-0.3, -0.25) is 9.00 Å². The zero-order valence-corrected chi connectivity index (χ0v) is 11.3. The van der Waals surface area contributed by atoms with Crippen molar-refractivity contribution in [2.24, 2.45) is 0 Å². The predicted molar refractivity (Wildman–Crippen MR) is 68.4 cm³/mol. The molecule has 0 saturated carbocycles. The van der Waals surface area contributed by atoms with E-state index in [9.17, 15) is 9.00 Å². The Bertz CT molecular complexity index is 427. The Morgan fingerprint density at radius 2 is 2.00 bits per heavy atom. The Morgan fingerprint density at radius 3 is 2.59 bits per heavy atom. The zero-order valence-electron chi connectivity index (χ0n) is 10.5. The summed E-state index contributed by atoms with van der Waals surface area (Å²) in [6, 6.07) is 5.72. The van der Waals surface area contributed by atoms with Gasteiger partial charge in [-0.2, -0.15) is 0 Å². The second-order valence-electron chi connectivity index (χ2n) is 3.85. The number of esters is 1. The van der Waals surface area contributed by atoms with Gasteiger partial charge in [-0.05, 0) is 44.0 Å². The van der Waals surface area contributed by atoms with E-state index < -0.39 is 10.8 Å². The van der Waals surface area contributed by atoms with Crippen molar-refractivity contribution in [3.63, 3.8) is 0 Å². The fourth-order valence-corrected chi connectivity index (χ4v) is 2.50. The molecule has 0 spiro atoms. The first kappa shape index (κ1) is 13.9. The summed E-state index contributed by atoms with van der Waals surface area (Å²) >= 11 is 0. The third-order valence-electron chi connectivity index (χ3n) is 2.54. The van der Waals surface area contributed by atoms with Gasteiger partial charge in [-0.15, -0.1) is 0 Å². The highest BCUT2D eigenvalue weighted by Crippen LogP contribution is 2.14. The molecule has 0 radical (unpaired) electrons. The van der Waals surface area contributed by atoms with E-state index in [0.29, 0.717) is 12.4 Å². The quantitative estimate of drug-likeness (QED) is 0.758. The Balaban J connectivity index is 2.58. The largest absolute Gasteiger partial charge is 0.466 e. The minimum absolute atomic E-state index is 0.202. The summed E-state index contributed by atoms with van der Waals surface area (Å²) in [5.74, 6) is 0.0334. The maximum Gasteiger partial charge on any atom is 0.306 e. The number of carbonyl (C=O) groups excluding carboxylic acids is 1. The van der Waals surface area contributed by atoms with Crippen molar-refractivity contribution in [3.8, 4) is 0 Å². The van der Waals surface area contributed by atoms with E-state index in [0.717, 1.165) is 10.5 Å². The van der Waals surface area contributed by atoms with Gasteiger partial charge < -0.3 is 4.74 Å². The zero-order chi connectivity index (χ0) is 12.8. The smallest absolute Gasteiger partial charge is 0.306 e. The second kappa shape index (κ2) is 6.55. The van der Waals surface area contributed by atoms with Gasteiger partial charge in [0.1, 0.15) is 0 Å². The van der Waals surface area contributed by atoms with Crippen molar-refractivity contribution in [1.82, 2.24) is 0 Å². The van der Waals surface area contributed by atoms with Crippen LogP contribution >= 0.6 is 0 Å². The molecule has 3 nitrogen and oxygen atoms in total. The van der Waals surface area contributed by atoms with Crippen LogP contribution in [0.1, 0.15) is 24.5 Å². The van der Waals surface area contributed by atoms with E-state index in [1.54, 1.807) is 6.92 Å². The predicted octanol–water partition coefficient (Wildman–Crippen LogP) is 2.36. The molecule has 0 aliphatic rings. The lowest BCUT2D eigenvalue weighted by Gasteiger charge is -2.05. The fraction of sp³-hybridized carbons (Fsp3) is 0.462. The molecule has 0 heterocycles. The third kappa shape index (κ3) is 4.30. The van der Waals surface area contributed by atoms with E-state index in [4.69, 9.17) is 4.74 Å². The topological polar surface area (TPSA) is 43.4 Å². The molecule has 1 aromatic carbocycles. The molecule has 0 aliphatic heterocycles. The molecule has 0 fully saturated rings. The molecule has 94 valence electrons. The summed E-state index contributed by atoms with van der Waals surface area (Å²) in [6.07, 6.45) is 0.202. The molecule has 0 aliphatic carbocycles.